The first kappa shape index (κ1) is 17.9. The zero-order valence-electron chi connectivity index (χ0n) is 15.2. The maximum atomic E-state index is 11.5. The van der Waals surface area contributed by atoms with E-state index in [0.29, 0.717) is 12.0 Å². The standard InChI is InChI=1S/C21H27NO2Si/c1-21(2,3)25(16-10-6-4-7-11-16,17-12-8-5-9-13-17)18-14-19(20(23)24)22-15-18/h4-13,18-19,22H,14-15H2,1-3H3,(H,23,24)/t18-,19+/m1/s1. The first-order valence-electron chi connectivity index (χ1n) is 8.94. The number of carboxylic acids is 1. The van der Waals surface area contributed by atoms with Gasteiger partial charge >= 0.3 is 5.97 Å². The molecule has 4 heteroatoms. The van der Waals surface area contributed by atoms with Crippen LogP contribution in [0.15, 0.2) is 60.7 Å². The Hall–Kier alpha value is -1.91. The summed E-state index contributed by atoms with van der Waals surface area (Å²) in [5.41, 5.74) is 0.346. The molecule has 0 aliphatic carbocycles. The lowest BCUT2D eigenvalue weighted by Crippen LogP contribution is -2.67. The first-order valence-corrected chi connectivity index (χ1v) is 11.0. The van der Waals surface area contributed by atoms with Crippen LogP contribution >= 0.6 is 0 Å². The third-order valence-corrected chi connectivity index (χ3v) is 12.2. The van der Waals surface area contributed by atoms with Gasteiger partial charge in [0.2, 0.25) is 0 Å². The molecule has 1 fully saturated rings. The number of nitrogens with one attached hydrogen (secondary N) is 1. The second-order valence-corrected chi connectivity index (χ2v) is 13.1. The van der Waals surface area contributed by atoms with E-state index in [4.69, 9.17) is 0 Å². The third-order valence-electron chi connectivity index (χ3n) is 5.68. The molecule has 0 saturated carbocycles. The predicted octanol–water partition coefficient (Wildman–Crippen LogP) is 2.87. The fraction of sp³-hybridized carbons (Fsp3) is 0.381. The lowest BCUT2D eigenvalue weighted by Gasteiger charge is -2.48. The molecule has 0 spiro atoms. The molecule has 0 aromatic heterocycles. The monoisotopic (exact) mass is 353 g/mol. The van der Waals surface area contributed by atoms with Gasteiger partial charge in [-0.3, -0.25) is 4.79 Å². The lowest BCUT2D eigenvalue weighted by atomic mass is 10.2. The summed E-state index contributed by atoms with van der Waals surface area (Å²) < 4.78 is 0. The molecule has 0 amide bonds. The molecule has 1 heterocycles. The predicted molar refractivity (Wildman–Crippen MR) is 105 cm³/mol. The third kappa shape index (κ3) is 3.05. The smallest absolute Gasteiger partial charge is 0.320 e. The minimum atomic E-state index is -2.23. The summed E-state index contributed by atoms with van der Waals surface area (Å²) in [5, 5.41) is 15.6. The van der Waals surface area contributed by atoms with E-state index in [2.05, 4.69) is 86.8 Å². The minimum absolute atomic E-state index is 0.0649. The molecular weight excluding hydrogens is 326 g/mol. The van der Waals surface area contributed by atoms with Crippen LogP contribution in [0.1, 0.15) is 27.2 Å². The molecule has 3 rings (SSSR count). The van der Waals surface area contributed by atoms with E-state index in [1.807, 2.05) is 0 Å². The van der Waals surface area contributed by atoms with Gasteiger partial charge in [-0.05, 0) is 23.5 Å². The number of rotatable bonds is 4. The maximum absolute atomic E-state index is 11.5. The Labute approximate surface area is 151 Å². The molecule has 0 bridgehead atoms. The maximum Gasteiger partial charge on any atom is 0.320 e. The van der Waals surface area contributed by atoms with E-state index >= 15 is 0 Å². The van der Waals surface area contributed by atoms with Crippen LogP contribution in [0.4, 0.5) is 0 Å². The molecule has 132 valence electrons. The van der Waals surface area contributed by atoms with Crippen LogP contribution in [-0.2, 0) is 4.79 Å². The largest absolute Gasteiger partial charge is 0.480 e. The summed E-state index contributed by atoms with van der Waals surface area (Å²) in [5.74, 6) is -0.736. The van der Waals surface area contributed by atoms with E-state index in [9.17, 15) is 9.90 Å². The fourth-order valence-electron chi connectivity index (χ4n) is 4.77. The van der Waals surface area contributed by atoms with Crippen molar-refractivity contribution in [3.63, 3.8) is 0 Å². The second-order valence-electron chi connectivity index (χ2n) is 8.02. The van der Waals surface area contributed by atoms with Crippen molar-refractivity contribution in [1.82, 2.24) is 5.32 Å². The van der Waals surface area contributed by atoms with Crippen LogP contribution in [0, 0.1) is 0 Å². The molecule has 1 aliphatic rings. The van der Waals surface area contributed by atoms with Crippen LogP contribution < -0.4 is 15.7 Å². The van der Waals surface area contributed by atoms with Crippen molar-refractivity contribution in [3.8, 4) is 0 Å². The molecule has 1 saturated heterocycles. The molecule has 2 N–H and O–H groups in total. The summed E-state index contributed by atoms with van der Waals surface area (Å²) in [6, 6.07) is 21.1. The van der Waals surface area contributed by atoms with Gasteiger partial charge in [-0.2, -0.15) is 0 Å². The van der Waals surface area contributed by atoms with Gasteiger partial charge in [0.25, 0.3) is 0 Å². The van der Waals surface area contributed by atoms with E-state index in [1.165, 1.54) is 10.4 Å². The summed E-state index contributed by atoms with van der Waals surface area (Å²) >= 11 is 0. The zero-order valence-corrected chi connectivity index (χ0v) is 16.2. The summed E-state index contributed by atoms with van der Waals surface area (Å²) in [6.07, 6.45) is 0.697. The highest BCUT2D eigenvalue weighted by atomic mass is 28.3. The number of benzene rings is 2. The van der Waals surface area contributed by atoms with Gasteiger partial charge in [-0.25, -0.2) is 0 Å². The van der Waals surface area contributed by atoms with Gasteiger partial charge in [0, 0.05) is 0 Å². The molecule has 2 atom stereocenters. The number of hydrogen-bond donors (Lipinski definition) is 2. The van der Waals surface area contributed by atoms with Gasteiger partial charge in [0.05, 0.1) is 0 Å². The Bertz CT molecular complexity index is 685. The van der Waals surface area contributed by atoms with Crippen LogP contribution in [0.3, 0.4) is 0 Å². The zero-order chi connectivity index (χ0) is 18.1. The highest BCUT2D eigenvalue weighted by molar-refractivity contribution is 7.05. The van der Waals surface area contributed by atoms with Crippen LogP contribution in [0.2, 0.25) is 10.6 Å². The van der Waals surface area contributed by atoms with Crippen molar-refractivity contribution in [2.24, 2.45) is 0 Å². The van der Waals surface area contributed by atoms with Gasteiger partial charge in [-0.15, -0.1) is 0 Å². The van der Waals surface area contributed by atoms with Crippen molar-refractivity contribution < 1.29 is 9.90 Å². The van der Waals surface area contributed by atoms with Gasteiger partial charge < -0.3 is 10.4 Å². The van der Waals surface area contributed by atoms with Crippen molar-refractivity contribution in [2.75, 3.05) is 6.54 Å². The van der Waals surface area contributed by atoms with E-state index in [1.54, 1.807) is 0 Å². The molecule has 25 heavy (non-hydrogen) atoms. The first-order chi connectivity index (χ1) is 11.9. The van der Waals surface area contributed by atoms with E-state index in [-0.39, 0.29) is 5.04 Å². The van der Waals surface area contributed by atoms with E-state index < -0.39 is 20.1 Å². The highest BCUT2D eigenvalue weighted by Crippen LogP contribution is 2.46. The lowest BCUT2D eigenvalue weighted by molar-refractivity contribution is -0.139. The molecule has 3 nitrogen and oxygen atoms in total. The Morgan fingerprint density at radius 2 is 1.48 bits per heavy atom. The van der Waals surface area contributed by atoms with Crippen molar-refractivity contribution >= 4 is 24.4 Å². The molecule has 1 aliphatic heterocycles. The number of carbonyl (C=O) groups is 1. The topological polar surface area (TPSA) is 49.3 Å². The van der Waals surface area contributed by atoms with Gasteiger partial charge in [0.1, 0.15) is 14.1 Å². The highest BCUT2D eigenvalue weighted by Gasteiger charge is 2.55. The van der Waals surface area contributed by atoms with Crippen molar-refractivity contribution in [3.05, 3.63) is 60.7 Å². The second kappa shape index (κ2) is 6.77. The number of hydrogen-bond acceptors (Lipinski definition) is 2. The van der Waals surface area contributed by atoms with Crippen LogP contribution in [-0.4, -0.2) is 31.7 Å². The summed E-state index contributed by atoms with van der Waals surface area (Å²) in [7, 11) is -2.23. The van der Waals surface area contributed by atoms with Gasteiger partial charge in [-0.1, -0.05) is 91.8 Å². The molecular formula is C21H27NO2Si. The number of aliphatic carboxylic acids is 1. The van der Waals surface area contributed by atoms with Gasteiger partial charge in [0.15, 0.2) is 0 Å². The molecule has 2 aromatic carbocycles. The Morgan fingerprint density at radius 1 is 1.00 bits per heavy atom. The average molecular weight is 354 g/mol. The van der Waals surface area contributed by atoms with Crippen LogP contribution in [0.5, 0.6) is 0 Å². The Morgan fingerprint density at radius 3 is 1.84 bits per heavy atom. The normalized spacial score (nSPS) is 21.2. The van der Waals surface area contributed by atoms with E-state index in [0.717, 1.165) is 6.54 Å². The van der Waals surface area contributed by atoms with Crippen molar-refractivity contribution in [1.29, 1.82) is 0 Å². The molecule has 0 unspecified atom stereocenters. The fourth-order valence-corrected chi connectivity index (χ4v) is 11.5. The Balaban J connectivity index is 2.22. The van der Waals surface area contributed by atoms with Crippen molar-refractivity contribution in [2.45, 2.75) is 43.8 Å². The SMILES string of the molecule is CC(C)(C)[Si](c1ccccc1)(c1ccccc1)[C@H]1CN[C@H](C(=O)O)C1. The molecule has 2 aromatic rings. The summed E-state index contributed by atoms with van der Waals surface area (Å²) in [4.78, 5) is 11.5. The molecule has 0 radical (unpaired) electrons. The Kier molecular flexibility index (Phi) is 4.85. The summed E-state index contributed by atoms with van der Waals surface area (Å²) in [6.45, 7) is 7.75. The number of carboxylic acid groups (broad SMARTS) is 1. The van der Waals surface area contributed by atoms with Crippen LogP contribution in [0.25, 0.3) is 0 Å². The quantitative estimate of drug-likeness (QED) is 0.831. The minimum Gasteiger partial charge on any atom is -0.480 e. The average Bonchev–Trinajstić information content (AvgIpc) is 3.07.